The molecule has 1 aromatic rings. The fourth-order valence-corrected chi connectivity index (χ4v) is 2.13. The lowest BCUT2D eigenvalue weighted by Crippen LogP contribution is -2.44. The normalized spacial score (nSPS) is 20.1. The van der Waals surface area contributed by atoms with E-state index in [1.807, 2.05) is 0 Å². The minimum atomic E-state index is -0.872. The maximum atomic E-state index is 10.9. The molecule has 0 aliphatic carbocycles. The van der Waals surface area contributed by atoms with Gasteiger partial charge in [0.15, 0.2) is 0 Å². The number of halogens is 1. The van der Waals surface area contributed by atoms with Gasteiger partial charge in [-0.2, -0.15) is 0 Å². The SMILES string of the molecule is O=C(O)N1CCC[C@@H](Nc2ncccc2Cl)C1. The summed E-state index contributed by atoms with van der Waals surface area (Å²) in [6, 6.07) is 3.60. The zero-order chi connectivity index (χ0) is 12.3. The molecule has 1 aromatic heterocycles. The second kappa shape index (κ2) is 5.23. The van der Waals surface area contributed by atoms with Gasteiger partial charge < -0.3 is 15.3 Å². The summed E-state index contributed by atoms with van der Waals surface area (Å²) in [6.07, 6.45) is 2.57. The van der Waals surface area contributed by atoms with Crippen LogP contribution in [-0.4, -0.2) is 40.2 Å². The number of carbonyl (C=O) groups is 1. The van der Waals surface area contributed by atoms with E-state index in [9.17, 15) is 4.79 Å². The molecule has 1 aliphatic heterocycles. The van der Waals surface area contributed by atoms with Crippen molar-refractivity contribution in [1.82, 2.24) is 9.88 Å². The van der Waals surface area contributed by atoms with Crippen LogP contribution in [0.15, 0.2) is 18.3 Å². The molecule has 0 spiro atoms. The van der Waals surface area contributed by atoms with E-state index in [1.54, 1.807) is 18.3 Å². The lowest BCUT2D eigenvalue weighted by Gasteiger charge is -2.31. The Morgan fingerprint density at radius 2 is 2.47 bits per heavy atom. The van der Waals surface area contributed by atoms with Gasteiger partial charge in [0.1, 0.15) is 5.82 Å². The van der Waals surface area contributed by atoms with Crippen LogP contribution in [-0.2, 0) is 0 Å². The van der Waals surface area contributed by atoms with E-state index < -0.39 is 6.09 Å². The molecule has 0 saturated carbocycles. The molecule has 1 amide bonds. The first kappa shape index (κ1) is 12.0. The highest BCUT2D eigenvalue weighted by Crippen LogP contribution is 2.21. The summed E-state index contributed by atoms with van der Waals surface area (Å²) in [5, 5.41) is 12.7. The van der Waals surface area contributed by atoms with E-state index >= 15 is 0 Å². The smallest absolute Gasteiger partial charge is 0.407 e. The van der Waals surface area contributed by atoms with Crippen molar-refractivity contribution in [2.75, 3.05) is 18.4 Å². The third-order valence-electron chi connectivity index (χ3n) is 2.79. The first-order valence-electron chi connectivity index (χ1n) is 5.52. The van der Waals surface area contributed by atoms with Crippen LogP contribution in [0.4, 0.5) is 10.6 Å². The van der Waals surface area contributed by atoms with Crippen molar-refractivity contribution in [2.24, 2.45) is 0 Å². The quantitative estimate of drug-likeness (QED) is 0.851. The van der Waals surface area contributed by atoms with Crippen LogP contribution < -0.4 is 5.32 Å². The topological polar surface area (TPSA) is 65.5 Å². The number of amides is 1. The van der Waals surface area contributed by atoms with E-state index in [2.05, 4.69) is 10.3 Å². The van der Waals surface area contributed by atoms with Gasteiger partial charge in [0, 0.05) is 25.3 Å². The first-order valence-corrected chi connectivity index (χ1v) is 5.89. The summed E-state index contributed by atoms with van der Waals surface area (Å²) in [6.45, 7) is 1.08. The van der Waals surface area contributed by atoms with E-state index in [0.29, 0.717) is 23.9 Å². The Morgan fingerprint density at radius 3 is 3.18 bits per heavy atom. The van der Waals surface area contributed by atoms with Crippen LogP contribution in [0.1, 0.15) is 12.8 Å². The lowest BCUT2D eigenvalue weighted by atomic mass is 10.1. The van der Waals surface area contributed by atoms with Crippen molar-refractivity contribution in [3.63, 3.8) is 0 Å². The van der Waals surface area contributed by atoms with Gasteiger partial charge >= 0.3 is 6.09 Å². The summed E-state index contributed by atoms with van der Waals surface area (Å²) in [5.74, 6) is 0.617. The number of piperidine rings is 1. The van der Waals surface area contributed by atoms with E-state index in [-0.39, 0.29) is 6.04 Å². The number of rotatable bonds is 2. The molecule has 2 rings (SSSR count). The zero-order valence-corrected chi connectivity index (χ0v) is 10.0. The van der Waals surface area contributed by atoms with Gasteiger partial charge in [0.25, 0.3) is 0 Å². The van der Waals surface area contributed by atoms with Crippen LogP contribution in [0.3, 0.4) is 0 Å². The summed E-state index contributed by atoms with van der Waals surface area (Å²) in [5.41, 5.74) is 0. The monoisotopic (exact) mass is 255 g/mol. The predicted octanol–water partition coefficient (Wildman–Crippen LogP) is 2.29. The van der Waals surface area contributed by atoms with E-state index in [4.69, 9.17) is 16.7 Å². The maximum Gasteiger partial charge on any atom is 0.407 e. The van der Waals surface area contributed by atoms with E-state index in [0.717, 1.165) is 12.8 Å². The van der Waals surface area contributed by atoms with Gasteiger partial charge in [-0.3, -0.25) is 0 Å². The highest BCUT2D eigenvalue weighted by atomic mass is 35.5. The first-order chi connectivity index (χ1) is 8.16. The summed E-state index contributed by atoms with van der Waals surface area (Å²) in [4.78, 5) is 16.4. The number of hydrogen-bond acceptors (Lipinski definition) is 3. The number of nitrogens with zero attached hydrogens (tertiary/aromatic N) is 2. The van der Waals surface area contributed by atoms with Crippen LogP contribution in [0.25, 0.3) is 0 Å². The van der Waals surface area contributed by atoms with Gasteiger partial charge in [-0.25, -0.2) is 9.78 Å². The molecular weight excluding hydrogens is 242 g/mol. The van der Waals surface area contributed by atoms with Crippen molar-refractivity contribution in [3.05, 3.63) is 23.4 Å². The van der Waals surface area contributed by atoms with Crippen molar-refractivity contribution < 1.29 is 9.90 Å². The fraction of sp³-hybridized carbons (Fsp3) is 0.455. The number of nitrogens with one attached hydrogen (secondary N) is 1. The van der Waals surface area contributed by atoms with Gasteiger partial charge in [0.05, 0.1) is 5.02 Å². The Morgan fingerprint density at radius 1 is 1.65 bits per heavy atom. The molecule has 2 heterocycles. The fourth-order valence-electron chi connectivity index (χ4n) is 1.95. The average Bonchev–Trinajstić information content (AvgIpc) is 2.32. The molecular formula is C11H14ClN3O2. The standard InChI is InChI=1S/C11H14ClN3O2/c12-9-4-1-5-13-10(9)14-8-3-2-6-15(7-8)11(16)17/h1,4-5,8H,2-3,6-7H2,(H,13,14)(H,16,17)/t8-/m1/s1. The minimum Gasteiger partial charge on any atom is -0.465 e. The second-order valence-electron chi connectivity index (χ2n) is 4.05. The molecule has 17 heavy (non-hydrogen) atoms. The summed E-state index contributed by atoms with van der Waals surface area (Å²) >= 11 is 5.99. The van der Waals surface area contributed by atoms with Crippen molar-refractivity contribution in [3.8, 4) is 0 Å². The van der Waals surface area contributed by atoms with Crippen LogP contribution in [0.5, 0.6) is 0 Å². The number of anilines is 1. The zero-order valence-electron chi connectivity index (χ0n) is 9.27. The van der Waals surface area contributed by atoms with Crippen molar-refractivity contribution >= 4 is 23.5 Å². The summed E-state index contributed by atoms with van der Waals surface area (Å²) in [7, 11) is 0. The van der Waals surface area contributed by atoms with Gasteiger partial charge in [-0.05, 0) is 25.0 Å². The minimum absolute atomic E-state index is 0.0762. The highest BCUT2D eigenvalue weighted by molar-refractivity contribution is 6.32. The Hall–Kier alpha value is -1.49. The summed E-state index contributed by atoms with van der Waals surface area (Å²) < 4.78 is 0. The largest absolute Gasteiger partial charge is 0.465 e. The van der Waals surface area contributed by atoms with Crippen LogP contribution >= 0.6 is 11.6 Å². The molecule has 1 saturated heterocycles. The second-order valence-corrected chi connectivity index (χ2v) is 4.45. The number of aromatic nitrogens is 1. The third kappa shape index (κ3) is 3.00. The Labute approximate surface area is 104 Å². The Bertz CT molecular complexity index is 413. The molecule has 1 aliphatic rings. The van der Waals surface area contributed by atoms with E-state index in [1.165, 1.54) is 4.90 Å². The molecule has 92 valence electrons. The number of hydrogen-bond donors (Lipinski definition) is 2. The van der Waals surface area contributed by atoms with Gasteiger partial charge in [-0.15, -0.1) is 0 Å². The number of carboxylic acid groups (broad SMARTS) is 1. The number of pyridine rings is 1. The third-order valence-corrected chi connectivity index (χ3v) is 3.10. The Balaban J connectivity index is 1.99. The molecule has 1 fully saturated rings. The van der Waals surface area contributed by atoms with Crippen LogP contribution in [0, 0.1) is 0 Å². The molecule has 0 radical (unpaired) electrons. The molecule has 6 heteroatoms. The predicted molar refractivity (Wildman–Crippen MR) is 65.5 cm³/mol. The van der Waals surface area contributed by atoms with Crippen molar-refractivity contribution in [1.29, 1.82) is 0 Å². The number of likely N-dealkylation sites (tertiary alicyclic amines) is 1. The highest BCUT2D eigenvalue weighted by Gasteiger charge is 2.23. The molecule has 0 bridgehead atoms. The molecule has 0 unspecified atom stereocenters. The van der Waals surface area contributed by atoms with Crippen molar-refractivity contribution in [2.45, 2.75) is 18.9 Å². The van der Waals surface area contributed by atoms with Gasteiger partial charge in [-0.1, -0.05) is 11.6 Å². The van der Waals surface area contributed by atoms with Gasteiger partial charge in [0.2, 0.25) is 0 Å². The lowest BCUT2D eigenvalue weighted by molar-refractivity contribution is 0.133. The molecule has 5 nitrogen and oxygen atoms in total. The Kier molecular flexibility index (Phi) is 3.68. The maximum absolute atomic E-state index is 10.9. The average molecular weight is 256 g/mol. The molecule has 2 N–H and O–H groups in total. The molecule has 1 atom stereocenters. The molecule has 0 aromatic carbocycles. The van der Waals surface area contributed by atoms with Crippen LogP contribution in [0.2, 0.25) is 5.02 Å².